The molecule has 1 aliphatic rings. The lowest BCUT2D eigenvalue weighted by atomic mass is 9.76. The summed E-state index contributed by atoms with van der Waals surface area (Å²) in [6, 6.07) is 13.7. The van der Waals surface area contributed by atoms with Crippen LogP contribution in [0.3, 0.4) is 0 Å². The van der Waals surface area contributed by atoms with Crippen LogP contribution in [0.1, 0.15) is 65.5 Å². The number of Topliss-reactive ketones (excluding diaryl/α,β-unsaturated/α-hetero) is 2. The Morgan fingerprint density at radius 2 is 1.71 bits per heavy atom. The van der Waals surface area contributed by atoms with Crippen LogP contribution in [-0.2, 0) is 5.41 Å². The van der Waals surface area contributed by atoms with Crippen molar-refractivity contribution >= 4 is 11.6 Å². The summed E-state index contributed by atoms with van der Waals surface area (Å²) in [6.45, 7) is 6.24. The minimum absolute atomic E-state index is 0.00862. The maximum atomic E-state index is 12.4. The minimum atomic E-state index is -0.358. The zero-order valence-corrected chi connectivity index (χ0v) is 14.4. The maximum absolute atomic E-state index is 12.4. The van der Waals surface area contributed by atoms with Crippen LogP contribution in [-0.4, -0.2) is 18.2 Å². The number of ketones is 2. The van der Waals surface area contributed by atoms with Crippen LogP contribution in [0.2, 0.25) is 0 Å². The molecule has 0 amide bonds. The summed E-state index contributed by atoms with van der Waals surface area (Å²) in [5.74, 6) is 0.695. The Labute approximate surface area is 142 Å². The first-order valence-electron chi connectivity index (χ1n) is 8.44. The number of ether oxygens (including phenoxy) is 1. The van der Waals surface area contributed by atoms with Crippen molar-refractivity contribution in [3.8, 4) is 5.75 Å². The molecule has 0 unspecified atom stereocenters. The number of rotatable bonds is 5. The van der Waals surface area contributed by atoms with E-state index in [1.807, 2.05) is 38.1 Å². The lowest BCUT2D eigenvalue weighted by Gasteiger charge is -2.24. The van der Waals surface area contributed by atoms with Gasteiger partial charge in [0.25, 0.3) is 0 Å². The van der Waals surface area contributed by atoms with Gasteiger partial charge in [0.2, 0.25) is 0 Å². The van der Waals surface area contributed by atoms with Gasteiger partial charge in [0.1, 0.15) is 12.4 Å². The van der Waals surface area contributed by atoms with E-state index in [2.05, 4.69) is 19.1 Å². The van der Waals surface area contributed by atoms with E-state index in [0.29, 0.717) is 36.3 Å². The quantitative estimate of drug-likeness (QED) is 0.757. The van der Waals surface area contributed by atoms with E-state index in [1.54, 1.807) is 6.07 Å². The summed E-state index contributed by atoms with van der Waals surface area (Å²) >= 11 is 0. The first-order valence-corrected chi connectivity index (χ1v) is 8.44. The average Bonchev–Trinajstić information content (AvgIpc) is 2.98. The highest BCUT2D eigenvalue weighted by molar-refractivity contribution is 6.04. The largest absolute Gasteiger partial charge is 0.491 e. The van der Waals surface area contributed by atoms with Crippen molar-refractivity contribution in [2.75, 3.05) is 6.61 Å². The highest BCUT2D eigenvalue weighted by atomic mass is 16.5. The third kappa shape index (κ3) is 2.54. The average molecular weight is 322 g/mol. The predicted octanol–water partition coefficient (Wildman–Crippen LogP) is 4.57. The van der Waals surface area contributed by atoms with Gasteiger partial charge in [-0.1, -0.05) is 44.2 Å². The fourth-order valence-corrected chi connectivity index (χ4v) is 3.30. The van der Waals surface area contributed by atoms with Crippen LogP contribution in [0.4, 0.5) is 0 Å². The molecule has 1 aliphatic heterocycles. The summed E-state index contributed by atoms with van der Waals surface area (Å²) in [6.07, 6.45) is 0.809. The molecule has 0 bridgehead atoms. The van der Waals surface area contributed by atoms with Crippen molar-refractivity contribution in [3.63, 3.8) is 0 Å². The van der Waals surface area contributed by atoms with Crippen LogP contribution in [0.15, 0.2) is 42.5 Å². The van der Waals surface area contributed by atoms with E-state index in [-0.39, 0.29) is 17.0 Å². The van der Waals surface area contributed by atoms with Gasteiger partial charge in [-0.2, -0.15) is 0 Å². The molecule has 0 N–H and O–H groups in total. The predicted molar refractivity (Wildman–Crippen MR) is 94.1 cm³/mol. The molecule has 3 nitrogen and oxygen atoms in total. The molecule has 0 saturated carbocycles. The number of hydrogen-bond acceptors (Lipinski definition) is 3. The lowest BCUT2D eigenvalue weighted by molar-refractivity contribution is 0.0984. The highest BCUT2D eigenvalue weighted by Gasteiger charge is 2.40. The molecule has 124 valence electrons. The van der Waals surface area contributed by atoms with Gasteiger partial charge >= 0.3 is 0 Å². The van der Waals surface area contributed by atoms with Crippen LogP contribution in [0.25, 0.3) is 0 Å². The number of carbonyl (C=O) groups is 2. The van der Waals surface area contributed by atoms with E-state index >= 15 is 0 Å². The number of fused-ring (bicyclic) bond motifs is 1. The molecule has 3 rings (SSSR count). The monoisotopic (exact) mass is 322 g/mol. The SMILES string of the molecule is CCC(=O)c1cc(C(=O)CC)c2c(c1)[C@](C)(c1ccccc1)CO2. The normalized spacial score (nSPS) is 18.8. The van der Waals surface area contributed by atoms with Crippen molar-refractivity contribution in [1.29, 1.82) is 0 Å². The maximum Gasteiger partial charge on any atom is 0.166 e. The number of carbonyl (C=O) groups excluding carboxylic acids is 2. The highest BCUT2D eigenvalue weighted by Crippen LogP contribution is 2.46. The van der Waals surface area contributed by atoms with Crippen LogP contribution < -0.4 is 4.74 Å². The van der Waals surface area contributed by atoms with Gasteiger partial charge in [0.15, 0.2) is 11.6 Å². The smallest absolute Gasteiger partial charge is 0.166 e. The summed E-state index contributed by atoms with van der Waals surface area (Å²) in [4.78, 5) is 24.7. The van der Waals surface area contributed by atoms with Gasteiger partial charge in [-0.25, -0.2) is 0 Å². The van der Waals surface area contributed by atoms with E-state index in [0.717, 1.165) is 11.1 Å². The molecule has 0 spiro atoms. The van der Waals surface area contributed by atoms with Crippen molar-refractivity contribution in [3.05, 3.63) is 64.7 Å². The molecule has 0 aliphatic carbocycles. The van der Waals surface area contributed by atoms with Crippen molar-refractivity contribution < 1.29 is 14.3 Å². The van der Waals surface area contributed by atoms with Gasteiger partial charge in [-0.05, 0) is 24.6 Å². The molecule has 24 heavy (non-hydrogen) atoms. The van der Waals surface area contributed by atoms with Crippen molar-refractivity contribution in [2.24, 2.45) is 0 Å². The molecular weight excluding hydrogens is 300 g/mol. The Morgan fingerprint density at radius 1 is 1.04 bits per heavy atom. The zero-order chi connectivity index (χ0) is 17.3. The van der Waals surface area contributed by atoms with E-state index in [9.17, 15) is 9.59 Å². The Hall–Kier alpha value is -2.42. The minimum Gasteiger partial charge on any atom is -0.491 e. The van der Waals surface area contributed by atoms with Crippen molar-refractivity contribution in [1.82, 2.24) is 0 Å². The Balaban J connectivity index is 2.23. The standard InChI is InChI=1S/C21H22O3/c1-4-18(22)14-11-16(19(23)5-2)20-17(12-14)21(3,13-24-20)15-9-7-6-8-10-15/h6-12H,4-5,13H2,1-3H3/t21-/m0/s1. The molecule has 2 aromatic carbocycles. The second-order valence-electron chi connectivity index (χ2n) is 6.44. The van der Waals surface area contributed by atoms with Gasteiger partial charge < -0.3 is 4.74 Å². The van der Waals surface area contributed by atoms with Crippen molar-refractivity contribution in [2.45, 2.75) is 39.0 Å². The molecule has 1 atom stereocenters. The topological polar surface area (TPSA) is 43.4 Å². The molecule has 0 aromatic heterocycles. The summed E-state index contributed by atoms with van der Waals surface area (Å²) in [5.41, 5.74) is 2.83. The van der Waals surface area contributed by atoms with Crippen LogP contribution >= 0.6 is 0 Å². The zero-order valence-electron chi connectivity index (χ0n) is 14.4. The fourth-order valence-electron chi connectivity index (χ4n) is 3.30. The van der Waals surface area contributed by atoms with Gasteiger partial charge in [-0.3, -0.25) is 9.59 Å². The van der Waals surface area contributed by atoms with E-state index < -0.39 is 0 Å². The summed E-state index contributed by atoms with van der Waals surface area (Å²) in [7, 11) is 0. The Kier molecular flexibility index (Phi) is 4.27. The van der Waals surface area contributed by atoms with E-state index in [1.165, 1.54) is 0 Å². The second kappa shape index (κ2) is 6.23. The molecule has 0 radical (unpaired) electrons. The summed E-state index contributed by atoms with van der Waals surface area (Å²) < 4.78 is 5.96. The second-order valence-corrected chi connectivity index (χ2v) is 6.44. The molecule has 0 saturated heterocycles. The fraction of sp³-hybridized carbons (Fsp3) is 0.333. The summed E-state index contributed by atoms with van der Waals surface area (Å²) in [5, 5.41) is 0. The first-order chi connectivity index (χ1) is 11.5. The molecule has 1 heterocycles. The Bertz CT molecular complexity index is 792. The van der Waals surface area contributed by atoms with Crippen LogP contribution in [0, 0.1) is 0 Å². The van der Waals surface area contributed by atoms with Gasteiger partial charge in [0, 0.05) is 24.0 Å². The first kappa shape index (κ1) is 16.4. The van der Waals surface area contributed by atoms with E-state index in [4.69, 9.17) is 4.74 Å². The number of benzene rings is 2. The third-order valence-corrected chi connectivity index (χ3v) is 4.86. The van der Waals surface area contributed by atoms with Gasteiger partial charge in [0.05, 0.1) is 11.0 Å². The van der Waals surface area contributed by atoms with Crippen LogP contribution in [0.5, 0.6) is 5.75 Å². The molecule has 0 fully saturated rings. The van der Waals surface area contributed by atoms with Gasteiger partial charge in [-0.15, -0.1) is 0 Å². The lowest BCUT2D eigenvalue weighted by Crippen LogP contribution is -2.25. The third-order valence-electron chi connectivity index (χ3n) is 4.86. The number of hydrogen-bond donors (Lipinski definition) is 0. The molecule has 2 aromatic rings. The molecular formula is C21H22O3. The molecule has 3 heteroatoms. The Morgan fingerprint density at radius 3 is 2.33 bits per heavy atom.